The van der Waals surface area contributed by atoms with Gasteiger partial charge in [-0.1, -0.05) is 0 Å². The molecule has 16 heavy (non-hydrogen) atoms. The number of nitrogens with zero attached hydrogens (tertiary/aromatic N) is 2. The predicted molar refractivity (Wildman–Crippen MR) is 66.4 cm³/mol. The molecule has 0 bridgehead atoms. The molecule has 1 rings (SSSR count). The van der Waals surface area contributed by atoms with Crippen molar-refractivity contribution in [3.63, 3.8) is 0 Å². The lowest BCUT2D eigenvalue weighted by atomic mass is 10.2. The van der Waals surface area contributed by atoms with E-state index in [1.54, 1.807) is 0 Å². The maximum absolute atomic E-state index is 12.1. The van der Waals surface area contributed by atoms with Crippen LogP contribution in [0, 0.1) is 0 Å². The van der Waals surface area contributed by atoms with Crippen LogP contribution in [0.25, 0.3) is 0 Å². The third-order valence-corrected chi connectivity index (χ3v) is 3.20. The molecule has 4 nitrogen and oxygen atoms in total. The van der Waals surface area contributed by atoms with Crippen LogP contribution in [-0.2, 0) is 4.79 Å². The summed E-state index contributed by atoms with van der Waals surface area (Å²) in [5.74, 6) is 0.253. The number of rotatable bonds is 4. The molecule has 0 aromatic heterocycles. The van der Waals surface area contributed by atoms with E-state index in [-0.39, 0.29) is 11.9 Å². The fraction of sp³-hybridized carbons (Fsp3) is 0.917. The molecule has 1 fully saturated rings. The minimum atomic E-state index is -0.0238. The van der Waals surface area contributed by atoms with Crippen molar-refractivity contribution < 1.29 is 4.79 Å². The van der Waals surface area contributed by atoms with Crippen molar-refractivity contribution in [3.05, 3.63) is 0 Å². The highest BCUT2D eigenvalue weighted by Crippen LogP contribution is 2.10. The van der Waals surface area contributed by atoms with Crippen LogP contribution in [-0.4, -0.2) is 61.5 Å². The quantitative estimate of drug-likeness (QED) is 0.761. The zero-order valence-electron chi connectivity index (χ0n) is 11.0. The number of amides is 1. The summed E-state index contributed by atoms with van der Waals surface area (Å²) < 4.78 is 0. The minimum Gasteiger partial charge on any atom is -0.339 e. The lowest BCUT2D eigenvalue weighted by Crippen LogP contribution is -2.45. The van der Waals surface area contributed by atoms with Crippen LogP contribution in [0.5, 0.6) is 0 Å². The molecule has 4 heteroatoms. The fourth-order valence-electron chi connectivity index (χ4n) is 2.11. The highest BCUT2D eigenvalue weighted by atomic mass is 16.2. The van der Waals surface area contributed by atoms with Gasteiger partial charge in [0.25, 0.3) is 0 Å². The van der Waals surface area contributed by atoms with Crippen LogP contribution in [0.15, 0.2) is 0 Å². The Kier molecular flexibility index (Phi) is 5.22. The fourth-order valence-corrected chi connectivity index (χ4v) is 2.11. The van der Waals surface area contributed by atoms with Gasteiger partial charge in [0.05, 0.1) is 6.04 Å². The van der Waals surface area contributed by atoms with Gasteiger partial charge in [-0.25, -0.2) is 0 Å². The van der Waals surface area contributed by atoms with Gasteiger partial charge < -0.3 is 15.1 Å². The summed E-state index contributed by atoms with van der Waals surface area (Å²) >= 11 is 0. The Morgan fingerprint density at radius 2 is 2.12 bits per heavy atom. The maximum atomic E-state index is 12.1. The molecule has 94 valence electrons. The molecule has 0 aromatic carbocycles. The molecule has 0 saturated carbocycles. The second kappa shape index (κ2) is 6.21. The Labute approximate surface area is 99.0 Å². The Hall–Kier alpha value is -0.610. The van der Waals surface area contributed by atoms with Crippen molar-refractivity contribution in [1.82, 2.24) is 15.1 Å². The zero-order chi connectivity index (χ0) is 12.1. The van der Waals surface area contributed by atoms with Gasteiger partial charge in [0, 0.05) is 12.6 Å². The molecule has 1 amide bonds. The van der Waals surface area contributed by atoms with Crippen molar-refractivity contribution >= 4 is 5.91 Å². The number of hydrogen-bond acceptors (Lipinski definition) is 3. The van der Waals surface area contributed by atoms with E-state index >= 15 is 0 Å². The van der Waals surface area contributed by atoms with Gasteiger partial charge in [-0.3, -0.25) is 4.79 Å². The predicted octanol–water partition coefficient (Wildman–Crippen LogP) is 0.537. The monoisotopic (exact) mass is 227 g/mol. The Bertz CT molecular complexity index is 230. The molecule has 1 saturated heterocycles. The summed E-state index contributed by atoms with van der Waals surface area (Å²) in [7, 11) is 4.13. The van der Waals surface area contributed by atoms with Gasteiger partial charge >= 0.3 is 0 Å². The minimum absolute atomic E-state index is 0.0238. The molecular formula is C12H25N3O. The highest BCUT2D eigenvalue weighted by molar-refractivity contribution is 5.82. The topological polar surface area (TPSA) is 35.6 Å². The van der Waals surface area contributed by atoms with Crippen LogP contribution in [0.3, 0.4) is 0 Å². The number of nitrogens with one attached hydrogen (secondary N) is 1. The van der Waals surface area contributed by atoms with E-state index < -0.39 is 0 Å². The first kappa shape index (κ1) is 13.5. The van der Waals surface area contributed by atoms with Crippen LogP contribution in [0.1, 0.15) is 26.7 Å². The smallest absolute Gasteiger partial charge is 0.239 e. The van der Waals surface area contributed by atoms with E-state index in [1.165, 1.54) is 0 Å². The zero-order valence-corrected chi connectivity index (χ0v) is 11.0. The van der Waals surface area contributed by atoms with Gasteiger partial charge in [0.15, 0.2) is 0 Å². The van der Waals surface area contributed by atoms with E-state index in [9.17, 15) is 4.79 Å². The molecular weight excluding hydrogens is 202 g/mol. The Morgan fingerprint density at radius 1 is 1.44 bits per heavy atom. The highest BCUT2D eigenvalue weighted by Gasteiger charge is 2.27. The van der Waals surface area contributed by atoms with E-state index in [0.717, 1.165) is 32.5 Å². The Balaban J connectivity index is 2.48. The molecule has 0 aliphatic carbocycles. The van der Waals surface area contributed by atoms with Crippen molar-refractivity contribution in [3.8, 4) is 0 Å². The van der Waals surface area contributed by atoms with E-state index in [4.69, 9.17) is 0 Å². The van der Waals surface area contributed by atoms with Gasteiger partial charge in [0.1, 0.15) is 0 Å². The summed E-state index contributed by atoms with van der Waals surface area (Å²) in [6.07, 6.45) is 2.11. The molecule has 1 heterocycles. The summed E-state index contributed by atoms with van der Waals surface area (Å²) in [5, 5.41) is 3.25. The average Bonchev–Trinajstić information content (AvgIpc) is 2.32. The largest absolute Gasteiger partial charge is 0.339 e. The van der Waals surface area contributed by atoms with E-state index in [0.29, 0.717) is 6.04 Å². The molecule has 1 N–H and O–H groups in total. The molecule has 0 aromatic rings. The second-order valence-electron chi connectivity index (χ2n) is 5.00. The van der Waals surface area contributed by atoms with Crippen LogP contribution >= 0.6 is 0 Å². The molecule has 1 aliphatic rings. The van der Waals surface area contributed by atoms with Crippen molar-refractivity contribution in [2.24, 2.45) is 0 Å². The number of carbonyl (C=O) groups excluding carboxylic acids is 1. The molecule has 0 radical (unpaired) electrons. The van der Waals surface area contributed by atoms with Crippen LogP contribution < -0.4 is 5.32 Å². The molecule has 2 unspecified atom stereocenters. The SMILES string of the molecule is CC1NCCC(C)N(CCCN(C)C)C1=O. The van der Waals surface area contributed by atoms with Gasteiger partial charge in [-0.05, 0) is 53.9 Å². The summed E-state index contributed by atoms with van der Waals surface area (Å²) in [6.45, 7) is 6.97. The number of carbonyl (C=O) groups is 1. The Morgan fingerprint density at radius 3 is 2.75 bits per heavy atom. The lowest BCUT2D eigenvalue weighted by Gasteiger charge is -2.28. The first-order valence-electron chi connectivity index (χ1n) is 6.21. The summed E-state index contributed by atoms with van der Waals surface area (Å²) in [4.78, 5) is 16.3. The molecule has 1 aliphatic heterocycles. The van der Waals surface area contributed by atoms with Crippen molar-refractivity contribution in [2.45, 2.75) is 38.8 Å². The maximum Gasteiger partial charge on any atom is 0.239 e. The van der Waals surface area contributed by atoms with Crippen molar-refractivity contribution in [2.75, 3.05) is 33.7 Å². The molecule has 2 atom stereocenters. The third kappa shape index (κ3) is 3.76. The van der Waals surface area contributed by atoms with E-state index in [1.807, 2.05) is 11.8 Å². The summed E-state index contributed by atoms with van der Waals surface area (Å²) in [6, 6.07) is 0.344. The standard InChI is InChI=1S/C12H25N3O/c1-10-6-7-13-11(2)12(16)15(10)9-5-8-14(3)4/h10-11,13H,5-9H2,1-4H3. The van der Waals surface area contributed by atoms with Gasteiger partial charge in [-0.2, -0.15) is 0 Å². The number of hydrogen-bond donors (Lipinski definition) is 1. The first-order chi connectivity index (χ1) is 7.52. The van der Waals surface area contributed by atoms with Gasteiger partial charge in [-0.15, -0.1) is 0 Å². The van der Waals surface area contributed by atoms with Crippen molar-refractivity contribution in [1.29, 1.82) is 0 Å². The second-order valence-corrected chi connectivity index (χ2v) is 5.00. The average molecular weight is 227 g/mol. The third-order valence-electron chi connectivity index (χ3n) is 3.20. The summed E-state index contributed by atoms with van der Waals surface area (Å²) in [5.41, 5.74) is 0. The normalized spacial score (nSPS) is 27.3. The molecule has 0 spiro atoms. The van der Waals surface area contributed by atoms with E-state index in [2.05, 4.69) is 31.2 Å². The van der Waals surface area contributed by atoms with Gasteiger partial charge in [0.2, 0.25) is 5.91 Å². The van der Waals surface area contributed by atoms with Crippen LogP contribution in [0.2, 0.25) is 0 Å². The van der Waals surface area contributed by atoms with Crippen LogP contribution in [0.4, 0.5) is 0 Å². The first-order valence-corrected chi connectivity index (χ1v) is 6.21. The lowest BCUT2D eigenvalue weighted by molar-refractivity contribution is -0.134.